The summed E-state index contributed by atoms with van der Waals surface area (Å²) >= 11 is 0. The van der Waals surface area contributed by atoms with E-state index in [1.807, 2.05) is 27.2 Å². The minimum Gasteiger partial charge on any atom is -0.756 e. The minimum atomic E-state index is -4.58. The van der Waals surface area contributed by atoms with Gasteiger partial charge in [0.2, 0.25) is 5.91 Å². The van der Waals surface area contributed by atoms with Crippen LogP contribution in [-0.4, -0.2) is 68.5 Å². The van der Waals surface area contributed by atoms with Crippen LogP contribution in [-0.2, 0) is 18.4 Å². The lowest BCUT2D eigenvalue weighted by Gasteiger charge is -2.29. The maximum absolute atomic E-state index is 12.7. The van der Waals surface area contributed by atoms with Crippen LogP contribution in [0, 0.1) is 0 Å². The number of rotatable bonds is 32. The molecule has 1 amide bonds. The van der Waals surface area contributed by atoms with E-state index in [2.05, 4.69) is 43.5 Å². The molecular weight excluding hydrogens is 599 g/mol. The van der Waals surface area contributed by atoms with Gasteiger partial charge in [0, 0.05) is 6.42 Å². The van der Waals surface area contributed by atoms with Crippen molar-refractivity contribution in [3.05, 3.63) is 36.5 Å². The van der Waals surface area contributed by atoms with E-state index in [-0.39, 0.29) is 12.5 Å². The zero-order valence-electron chi connectivity index (χ0n) is 30.3. The van der Waals surface area contributed by atoms with Gasteiger partial charge in [-0.15, -0.1) is 0 Å². The van der Waals surface area contributed by atoms with E-state index in [0.717, 1.165) is 57.8 Å². The molecule has 0 rings (SSSR count). The Morgan fingerprint density at radius 2 is 1.22 bits per heavy atom. The van der Waals surface area contributed by atoms with Crippen LogP contribution in [0.3, 0.4) is 0 Å². The van der Waals surface area contributed by atoms with E-state index in [1.54, 1.807) is 6.08 Å². The van der Waals surface area contributed by atoms with Crippen LogP contribution in [0.5, 0.6) is 0 Å². The number of nitrogens with one attached hydrogen (secondary N) is 1. The Balaban J connectivity index is 4.63. The largest absolute Gasteiger partial charge is 0.756 e. The van der Waals surface area contributed by atoms with Gasteiger partial charge in [-0.3, -0.25) is 9.36 Å². The van der Waals surface area contributed by atoms with E-state index in [4.69, 9.17) is 9.05 Å². The molecule has 1 unspecified atom stereocenters. The molecule has 0 bridgehead atoms. The lowest BCUT2D eigenvalue weighted by molar-refractivity contribution is -0.870. The van der Waals surface area contributed by atoms with Crippen LogP contribution < -0.4 is 10.2 Å². The second kappa shape index (κ2) is 29.8. The van der Waals surface area contributed by atoms with Crippen LogP contribution in [0.15, 0.2) is 36.5 Å². The number of hydrogen-bond acceptors (Lipinski definition) is 6. The summed E-state index contributed by atoms with van der Waals surface area (Å²) < 4.78 is 23.0. The molecule has 0 heterocycles. The number of aliphatic hydroxyl groups is 1. The van der Waals surface area contributed by atoms with E-state index in [0.29, 0.717) is 17.4 Å². The van der Waals surface area contributed by atoms with Gasteiger partial charge >= 0.3 is 0 Å². The zero-order valence-corrected chi connectivity index (χ0v) is 31.2. The molecule has 0 aromatic heterocycles. The molecule has 0 saturated carbocycles. The van der Waals surface area contributed by atoms with Crippen molar-refractivity contribution in [2.24, 2.45) is 0 Å². The highest BCUT2D eigenvalue weighted by Gasteiger charge is 2.23. The first-order valence-electron chi connectivity index (χ1n) is 18.4. The van der Waals surface area contributed by atoms with Crippen molar-refractivity contribution < 1.29 is 32.9 Å². The Morgan fingerprint density at radius 3 is 1.78 bits per heavy atom. The van der Waals surface area contributed by atoms with Crippen molar-refractivity contribution in [3.63, 3.8) is 0 Å². The Labute approximate surface area is 283 Å². The predicted octanol–water partition coefficient (Wildman–Crippen LogP) is 8.55. The monoisotopic (exact) mass is 671 g/mol. The van der Waals surface area contributed by atoms with Gasteiger partial charge < -0.3 is 28.8 Å². The van der Waals surface area contributed by atoms with E-state index < -0.39 is 26.6 Å². The second-order valence-corrected chi connectivity index (χ2v) is 15.0. The number of allylic oxidation sites excluding steroid dienone is 5. The SMILES string of the molecule is CCCCCC/C=C/CCCCCCCC(=O)N[C@@H](COP(=O)([O-])OCC[N+](C)(C)C)[C@H](O)/C=C/CC/C=C/CCCCCCC. The molecule has 0 saturated heterocycles. The third kappa shape index (κ3) is 31.3. The number of phosphoric acid groups is 1. The molecule has 8 nitrogen and oxygen atoms in total. The van der Waals surface area contributed by atoms with Crippen LogP contribution in [0.2, 0.25) is 0 Å². The van der Waals surface area contributed by atoms with Gasteiger partial charge in [-0.25, -0.2) is 0 Å². The van der Waals surface area contributed by atoms with Gasteiger partial charge in [0.25, 0.3) is 7.82 Å². The predicted molar refractivity (Wildman–Crippen MR) is 191 cm³/mol. The number of amides is 1. The molecule has 0 aromatic carbocycles. The number of nitrogens with zero attached hydrogens (tertiary/aromatic N) is 1. The van der Waals surface area contributed by atoms with Gasteiger partial charge in [-0.05, 0) is 57.8 Å². The summed E-state index contributed by atoms with van der Waals surface area (Å²) in [7, 11) is 1.23. The molecule has 0 fully saturated rings. The molecule has 46 heavy (non-hydrogen) atoms. The highest BCUT2D eigenvalue weighted by atomic mass is 31.2. The fourth-order valence-electron chi connectivity index (χ4n) is 4.81. The lowest BCUT2D eigenvalue weighted by atomic mass is 10.1. The van der Waals surface area contributed by atoms with Crippen molar-refractivity contribution >= 4 is 13.7 Å². The number of carbonyl (C=O) groups is 1. The smallest absolute Gasteiger partial charge is 0.268 e. The average Bonchev–Trinajstić information content (AvgIpc) is 2.99. The first kappa shape index (κ1) is 44.7. The van der Waals surface area contributed by atoms with Gasteiger partial charge in [-0.1, -0.05) is 115 Å². The molecule has 0 aliphatic heterocycles. The van der Waals surface area contributed by atoms with Crippen molar-refractivity contribution in [1.82, 2.24) is 5.32 Å². The Morgan fingerprint density at radius 1 is 0.739 bits per heavy atom. The zero-order chi connectivity index (χ0) is 34.4. The standard InChI is InChI=1S/C37H71N2O6P/c1-6-8-10-12-14-16-18-19-21-23-25-27-29-31-37(41)38-35(34-45-46(42,43)44-33-32-39(3,4)5)36(40)30-28-26-24-22-20-17-15-13-11-9-7-2/h16,18,20,22,28,30,35-36,40H,6-15,17,19,21,23-27,29,31-34H2,1-5H3,(H-,38,41,42,43)/b18-16+,22-20+,30-28+/t35-,36+/m0/s1. The van der Waals surface area contributed by atoms with Gasteiger partial charge in [0.05, 0.1) is 39.9 Å². The average molecular weight is 671 g/mol. The summed E-state index contributed by atoms with van der Waals surface area (Å²) in [6.45, 7) is 4.54. The van der Waals surface area contributed by atoms with Gasteiger partial charge in [0.1, 0.15) is 13.2 Å². The van der Waals surface area contributed by atoms with E-state index >= 15 is 0 Å². The van der Waals surface area contributed by atoms with Crippen LogP contribution in [0.1, 0.15) is 142 Å². The number of likely N-dealkylation sites (N-methyl/N-ethyl adjacent to an activating group) is 1. The summed E-state index contributed by atoms with van der Waals surface area (Å²) in [5.41, 5.74) is 0. The third-order valence-corrected chi connectivity index (χ3v) is 8.79. The fraction of sp³-hybridized carbons (Fsp3) is 0.811. The summed E-state index contributed by atoms with van der Waals surface area (Å²) in [4.78, 5) is 25.1. The van der Waals surface area contributed by atoms with Gasteiger partial charge in [0.15, 0.2) is 0 Å². The topological polar surface area (TPSA) is 108 Å². The molecule has 0 aromatic rings. The summed E-state index contributed by atoms with van der Waals surface area (Å²) in [6, 6.07) is -0.902. The lowest BCUT2D eigenvalue weighted by Crippen LogP contribution is -2.45. The third-order valence-electron chi connectivity index (χ3n) is 7.82. The molecule has 270 valence electrons. The Bertz CT molecular complexity index is 855. The Kier molecular flexibility index (Phi) is 29.0. The molecule has 0 aliphatic carbocycles. The number of hydrogen-bond donors (Lipinski definition) is 2. The number of carbonyl (C=O) groups excluding carboxylic acids is 1. The van der Waals surface area contributed by atoms with Crippen molar-refractivity contribution in [2.45, 2.75) is 154 Å². The van der Waals surface area contributed by atoms with Crippen LogP contribution >= 0.6 is 7.82 Å². The molecule has 2 N–H and O–H groups in total. The molecule has 0 spiro atoms. The van der Waals surface area contributed by atoms with E-state index in [1.165, 1.54) is 64.2 Å². The maximum atomic E-state index is 12.7. The minimum absolute atomic E-state index is 0.00858. The highest BCUT2D eigenvalue weighted by Crippen LogP contribution is 2.38. The summed E-state index contributed by atoms with van der Waals surface area (Å²) in [5, 5.41) is 13.6. The second-order valence-electron chi connectivity index (χ2n) is 13.6. The molecule has 0 aliphatic rings. The normalized spacial score (nSPS) is 15.2. The first-order valence-corrected chi connectivity index (χ1v) is 19.8. The molecular formula is C37H71N2O6P. The fourth-order valence-corrected chi connectivity index (χ4v) is 5.53. The quantitative estimate of drug-likeness (QED) is 0.0321. The van der Waals surface area contributed by atoms with Crippen molar-refractivity contribution in [3.8, 4) is 0 Å². The van der Waals surface area contributed by atoms with Gasteiger partial charge in [-0.2, -0.15) is 0 Å². The molecule has 3 atom stereocenters. The number of phosphoric ester groups is 1. The molecule has 0 radical (unpaired) electrons. The van der Waals surface area contributed by atoms with Crippen molar-refractivity contribution in [2.75, 3.05) is 40.9 Å². The number of aliphatic hydroxyl groups excluding tert-OH is 1. The van der Waals surface area contributed by atoms with Crippen LogP contribution in [0.25, 0.3) is 0 Å². The number of unbranched alkanes of at least 4 members (excludes halogenated alkanes) is 15. The van der Waals surface area contributed by atoms with Crippen molar-refractivity contribution in [1.29, 1.82) is 0 Å². The maximum Gasteiger partial charge on any atom is 0.268 e. The first-order chi connectivity index (χ1) is 22.0. The van der Waals surface area contributed by atoms with Crippen LogP contribution in [0.4, 0.5) is 0 Å². The van der Waals surface area contributed by atoms with E-state index in [9.17, 15) is 19.4 Å². The Hall–Kier alpha value is -1.28. The molecule has 9 heteroatoms. The number of quaternary nitrogens is 1. The summed E-state index contributed by atoms with van der Waals surface area (Å²) in [6.07, 6.45) is 33.3. The summed E-state index contributed by atoms with van der Waals surface area (Å²) in [5.74, 6) is -0.222. The highest BCUT2D eigenvalue weighted by molar-refractivity contribution is 7.45.